The molecule has 0 saturated carbocycles. The highest BCUT2D eigenvalue weighted by atomic mass is 16.3. The zero-order valence-corrected chi connectivity index (χ0v) is 63.3. The highest BCUT2D eigenvalue weighted by molar-refractivity contribution is 6.30. The van der Waals surface area contributed by atoms with Crippen LogP contribution in [0.1, 0.15) is 150 Å². The van der Waals surface area contributed by atoms with Crippen LogP contribution < -0.4 is 0 Å². The number of fused-ring (bicyclic) bond motifs is 29. The van der Waals surface area contributed by atoms with E-state index >= 15 is 0 Å². The number of benzene rings is 16. The van der Waals surface area contributed by atoms with Gasteiger partial charge in [-0.05, 0) is 239 Å². The minimum absolute atomic E-state index is 0.0986. The lowest BCUT2D eigenvalue weighted by atomic mass is 9.81. The summed E-state index contributed by atoms with van der Waals surface area (Å²) >= 11 is 0. The second-order valence-electron chi connectivity index (χ2n) is 33.9. The van der Waals surface area contributed by atoms with Crippen LogP contribution in [0.3, 0.4) is 0 Å². The minimum Gasteiger partial charge on any atom is -0.455 e. The van der Waals surface area contributed by atoms with Crippen molar-refractivity contribution in [3.63, 3.8) is 0 Å². The van der Waals surface area contributed by atoms with Gasteiger partial charge in [-0.2, -0.15) is 0 Å². The van der Waals surface area contributed by atoms with Crippen LogP contribution >= 0.6 is 0 Å². The summed E-state index contributed by atoms with van der Waals surface area (Å²) in [5.41, 5.74) is 27.5. The van der Waals surface area contributed by atoms with Gasteiger partial charge in [0, 0.05) is 32.3 Å². The van der Waals surface area contributed by atoms with Crippen molar-refractivity contribution >= 4 is 130 Å². The van der Waals surface area contributed by atoms with Crippen LogP contribution in [0.15, 0.2) is 251 Å². The Kier molecular flexibility index (Phi) is 15.6. The highest BCUT2D eigenvalue weighted by Gasteiger charge is 2.30. The van der Waals surface area contributed by atoms with Crippen molar-refractivity contribution in [2.75, 3.05) is 0 Å². The van der Waals surface area contributed by atoms with Crippen molar-refractivity contribution in [3.8, 4) is 22.3 Å². The van der Waals surface area contributed by atoms with E-state index in [4.69, 9.17) is 8.83 Å². The van der Waals surface area contributed by atoms with Gasteiger partial charge in [0.1, 0.15) is 22.3 Å². The van der Waals surface area contributed by atoms with E-state index < -0.39 is 0 Å². The molecule has 2 aromatic heterocycles. The Morgan fingerprint density at radius 3 is 1.12 bits per heavy atom. The lowest BCUT2D eigenvalue weighted by Gasteiger charge is -2.23. The first-order chi connectivity index (χ1) is 49.8. The van der Waals surface area contributed by atoms with Crippen LogP contribution in [0.2, 0.25) is 0 Å². The van der Waals surface area contributed by atoms with E-state index in [2.05, 4.69) is 353 Å². The zero-order chi connectivity index (χ0) is 72.2. The Morgan fingerprint density at radius 1 is 0.221 bits per heavy atom. The van der Waals surface area contributed by atoms with E-state index in [9.17, 15) is 0 Å². The maximum atomic E-state index is 6.54. The summed E-state index contributed by atoms with van der Waals surface area (Å²) in [4.78, 5) is 0. The van der Waals surface area contributed by atoms with E-state index in [1.54, 1.807) is 0 Å². The van der Waals surface area contributed by atoms with Gasteiger partial charge in [0.15, 0.2) is 0 Å². The third-order valence-corrected chi connectivity index (χ3v) is 23.3. The van der Waals surface area contributed by atoms with Gasteiger partial charge >= 0.3 is 0 Å². The summed E-state index contributed by atoms with van der Waals surface area (Å²) in [6, 6.07) is 88.9. The van der Waals surface area contributed by atoms with E-state index in [0.29, 0.717) is 0 Å². The lowest BCUT2D eigenvalue weighted by Crippen LogP contribution is -2.14. The molecule has 0 spiro atoms. The standard InChI is InChI=1S/2C26H24.2C25H22O/c1-16-23-15-18-10-11-20-19-8-6-5-7-17(19)9-12-21(20)25(18)22(23)13-14-24(16)26(2,3)4;1-16-22-15-19-12-11-18-10-9-17-7-5-6-8-20(17)24(18)25(19)21(22)13-14-23(16)26(2,3)4;1-15-21(25(2,3)4)14-13-20-22-18-11-7-5-9-16(18)17-10-6-8-12-19(17)24(22)26-23(15)20;1-15-22(25(2,3)4)14-13-20-21-12-11-18-17-8-6-5-7-16(17)9-10-19(18)24(21)26-23(15)20/h2*5-14H,15H2,1-4H3;2*5-14H,1-4H3. The van der Waals surface area contributed by atoms with Crippen molar-refractivity contribution in [2.24, 2.45) is 0 Å². The van der Waals surface area contributed by atoms with Crippen molar-refractivity contribution in [3.05, 3.63) is 309 Å². The van der Waals surface area contributed by atoms with E-state index in [1.807, 2.05) is 0 Å². The fourth-order valence-corrected chi connectivity index (χ4v) is 18.4. The molecule has 18 aromatic rings. The molecule has 0 N–H and O–H groups in total. The Labute approximate surface area is 612 Å². The average Bonchev–Trinajstić information content (AvgIpc) is 1.57. The summed E-state index contributed by atoms with van der Waals surface area (Å²) in [6.45, 7) is 36.4. The van der Waals surface area contributed by atoms with Crippen LogP contribution in [0.25, 0.3) is 152 Å². The number of aryl methyl sites for hydroxylation is 2. The number of hydrogen-bond donors (Lipinski definition) is 0. The summed E-state index contributed by atoms with van der Waals surface area (Å²) in [5, 5.41) is 25.7. The summed E-state index contributed by atoms with van der Waals surface area (Å²) in [7, 11) is 0. The molecule has 104 heavy (non-hydrogen) atoms. The second kappa shape index (κ2) is 24.4. The first kappa shape index (κ1) is 66.4. The number of furan rings is 2. The van der Waals surface area contributed by atoms with E-state index in [0.717, 1.165) is 35.2 Å². The normalized spacial score (nSPS) is 12.9. The minimum atomic E-state index is 0.0986. The number of rotatable bonds is 0. The van der Waals surface area contributed by atoms with Crippen LogP contribution in [0.4, 0.5) is 0 Å². The van der Waals surface area contributed by atoms with Crippen LogP contribution in [-0.2, 0) is 34.5 Å². The molecule has 2 heteroatoms. The topological polar surface area (TPSA) is 26.3 Å². The first-order valence-corrected chi connectivity index (χ1v) is 37.5. The molecule has 0 atom stereocenters. The Balaban J connectivity index is 0.000000103. The molecule has 2 aliphatic carbocycles. The molecule has 2 nitrogen and oxygen atoms in total. The van der Waals surface area contributed by atoms with Crippen LogP contribution in [0.5, 0.6) is 0 Å². The fraction of sp³-hybridized carbons (Fsp3) is 0.216. The second-order valence-corrected chi connectivity index (χ2v) is 33.9. The molecule has 2 heterocycles. The van der Waals surface area contributed by atoms with Crippen molar-refractivity contribution in [2.45, 2.75) is 145 Å². The SMILES string of the molecule is Cc1c(C(C)(C)C)ccc2c1Cc1ccc3c(ccc4ccccc43)c1-2.Cc1c(C(C)(C)C)ccc2c1Cc1ccc3ccc4ccccc4c3c1-2.Cc1c(C(C)(C)C)ccc2c1oc1c2ccc2c3ccccc3ccc21.Cc1c(C(C)(C)C)ccc2c1oc1c3ccccc3c3ccccc3c21. The van der Waals surface area contributed by atoms with Gasteiger partial charge in [-0.15, -0.1) is 0 Å². The highest BCUT2D eigenvalue weighted by Crippen LogP contribution is 2.50. The molecule has 2 aliphatic rings. The van der Waals surface area contributed by atoms with Gasteiger partial charge in [-0.25, -0.2) is 0 Å². The van der Waals surface area contributed by atoms with Gasteiger partial charge in [0.25, 0.3) is 0 Å². The van der Waals surface area contributed by atoms with E-state index in [-0.39, 0.29) is 21.7 Å². The van der Waals surface area contributed by atoms with Crippen LogP contribution in [-0.4, -0.2) is 0 Å². The molecule has 0 unspecified atom stereocenters. The monoisotopic (exact) mass is 1350 g/mol. The molecular formula is C102H92O2. The Morgan fingerprint density at radius 2 is 0.538 bits per heavy atom. The van der Waals surface area contributed by atoms with Gasteiger partial charge in [-0.1, -0.05) is 314 Å². The average molecular weight is 1350 g/mol. The van der Waals surface area contributed by atoms with Crippen molar-refractivity contribution in [1.29, 1.82) is 0 Å². The quantitative estimate of drug-likeness (QED) is 0.141. The molecule has 0 radical (unpaired) electrons. The smallest absolute Gasteiger partial charge is 0.143 e. The molecule has 0 saturated heterocycles. The molecular weight excluding hydrogens is 1260 g/mol. The molecule has 0 bridgehead atoms. The third-order valence-electron chi connectivity index (χ3n) is 23.3. The van der Waals surface area contributed by atoms with Gasteiger partial charge in [0.05, 0.1) is 0 Å². The lowest BCUT2D eigenvalue weighted by molar-refractivity contribution is 0.582. The van der Waals surface area contributed by atoms with Crippen LogP contribution in [0, 0.1) is 27.7 Å². The molecule has 16 aromatic carbocycles. The summed E-state index contributed by atoms with van der Waals surface area (Å²) < 4.78 is 13.0. The summed E-state index contributed by atoms with van der Waals surface area (Å²) in [5.74, 6) is 0. The zero-order valence-electron chi connectivity index (χ0n) is 63.3. The fourth-order valence-electron chi connectivity index (χ4n) is 18.4. The molecule has 20 rings (SSSR count). The van der Waals surface area contributed by atoms with Gasteiger partial charge in [-0.3, -0.25) is 0 Å². The Bertz CT molecular complexity index is 6610. The summed E-state index contributed by atoms with van der Waals surface area (Å²) in [6.07, 6.45) is 2.11. The molecule has 0 amide bonds. The maximum absolute atomic E-state index is 6.54. The van der Waals surface area contributed by atoms with Crippen molar-refractivity contribution < 1.29 is 8.83 Å². The van der Waals surface area contributed by atoms with Gasteiger partial charge < -0.3 is 8.83 Å². The van der Waals surface area contributed by atoms with Gasteiger partial charge in [0.2, 0.25) is 0 Å². The maximum Gasteiger partial charge on any atom is 0.143 e. The molecule has 0 aliphatic heterocycles. The van der Waals surface area contributed by atoms with Crippen molar-refractivity contribution in [1.82, 2.24) is 0 Å². The molecule has 512 valence electrons. The Hall–Kier alpha value is -10.8. The largest absolute Gasteiger partial charge is 0.455 e. The number of hydrogen-bond acceptors (Lipinski definition) is 2. The first-order valence-electron chi connectivity index (χ1n) is 37.5. The van der Waals surface area contributed by atoms with E-state index in [1.165, 1.54) is 197 Å². The predicted molar refractivity (Wildman–Crippen MR) is 451 cm³/mol. The predicted octanol–water partition coefficient (Wildman–Crippen LogP) is 29.3. The third kappa shape index (κ3) is 10.8. The molecule has 0 fully saturated rings.